The first-order valence-corrected chi connectivity index (χ1v) is 9.83. The van der Waals surface area contributed by atoms with Crippen LogP contribution in [-0.2, 0) is 4.79 Å². The Hall–Kier alpha value is -3.62. The van der Waals surface area contributed by atoms with E-state index in [-0.39, 0.29) is 24.4 Å². The summed E-state index contributed by atoms with van der Waals surface area (Å²) in [5, 5.41) is 5.64. The van der Waals surface area contributed by atoms with Crippen LogP contribution in [0, 0.1) is 0 Å². The molecule has 1 saturated heterocycles. The Bertz CT molecular complexity index is 995. The molecule has 0 radical (unpaired) electrons. The van der Waals surface area contributed by atoms with Gasteiger partial charge in [0.25, 0.3) is 0 Å². The zero-order valence-corrected chi connectivity index (χ0v) is 16.2. The second-order valence-electron chi connectivity index (χ2n) is 7.19. The predicted octanol–water partition coefficient (Wildman–Crippen LogP) is 2.16. The molecule has 2 aromatic rings. The number of ether oxygens (including phenoxy) is 4. The van der Waals surface area contributed by atoms with Crippen molar-refractivity contribution in [1.29, 1.82) is 0 Å². The van der Waals surface area contributed by atoms with Gasteiger partial charge in [-0.1, -0.05) is 0 Å². The van der Waals surface area contributed by atoms with E-state index in [0.717, 1.165) is 5.69 Å². The van der Waals surface area contributed by atoms with E-state index in [1.165, 1.54) is 0 Å². The fourth-order valence-electron chi connectivity index (χ4n) is 3.73. The van der Waals surface area contributed by atoms with Crippen LogP contribution in [0.1, 0.15) is 6.42 Å². The van der Waals surface area contributed by atoms with E-state index >= 15 is 0 Å². The van der Waals surface area contributed by atoms with E-state index < -0.39 is 0 Å². The molecule has 0 unspecified atom stereocenters. The Balaban J connectivity index is 1.21. The van der Waals surface area contributed by atoms with Crippen molar-refractivity contribution in [2.45, 2.75) is 12.5 Å². The Morgan fingerprint density at radius 2 is 1.50 bits per heavy atom. The van der Waals surface area contributed by atoms with Crippen LogP contribution < -0.4 is 34.5 Å². The zero-order chi connectivity index (χ0) is 20.5. The van der Waals surface area contributed by atoms with E-state index in [1.54, 1.807) is 35.2 Å². The molecule has 5 rings (SSSR count). The first kappa shape index (κ1) is 18.4. The number of rotatable bonds is 3. The Labute approximate surface area is 172 Å². The summed E-state index contributed by atoms with van der Waals surface area (Å²) >= 11 is 0. The predicted molar refractivity (Wildman–Crippen MR) is 108 cm³/mol. The second kappa shape index (κ2) is 7.66. The number of hydrogen-bond donors (Lipinski definition) is 2. The smallest absolute Gasteiger partial charge is 0.319 e. The zero-order valence-electron chi connectivity index (χ0n) is 16.2. The van der Waals surface area contributed by atoms with Gasteiger partial charge in [-0.05, 0) is 24.3 Å². The molecule has 156 valence electrons. The molecule has 9 nitrogen and oxygen atoms in total. The number of fused-ring (bicyclic) bond motifs is 2. The number of benzene rings is 2. The maximum Gasteiger partial charge on any atom is 0.319 e. The van der Waals surface area contributed by atoms with Crippen molar-refractivity contribution in [3.8, 4) is 23.0 Å². The summed E-state index contributed by atoms with van der Waals surface area (Å²) in [6, 6.07) is 9.95. The highest BCUT2D eigenvalue weighted by Gasteiger charge is 2.32. The summed E-state index contributed by atoms with van der Waals surface area (Å²) < 4.78 is 22.1. The number of carbonyl (C=O) groups is 2. The topological polar surface area (TPSA) is 98.4 Å². The minimum absolute atomic E-state index is 0.0590. The van der Waals surface area contributed by atoms with Crippen LogP contribution in [0.3, 0.4) is 0 Å². The summed E-state index contributed by atoms with van der Waals surface area (Å²) in [7, 11) is 0. The third-order valence-corrected chi connectivity index (χ3v) is 5.10. The number of nitrogens with zero attached hydrogens (tertiary/aromatic N) is 1. The van der Waals surface area contributed by atoms with Crippen LogP contribution in [-0.4, -0.2) is 51.0 Å². The standard InChI is InChI=1S/C21H21N3O6/c25-20-10-14(12-24(20)15-2-4-17-19(11-15)30-8-6-28-17)23-21(26)22-13-1-3-16-18(9-13)29-7-5-27-16/h1-4,9,11,14H,5-8,10,12H2,(H2,22,23,26)/t14-/m1/s1. The van der Waals surface area contributed by atoms with Crippen molar-refractivity contribution in [1.82, 2.24) is 5.32 Å². The largest absolute Gasteiger partial charge is 0.486 e. The van der Waals surface area contributed by atoms with Gasteiger partial charge in [-0.2, -0.15) is 0 Å². The Kier molecular flexibility index (Phi) is 4.70. The molecule has 3 heterocycles. The van der Waals surface area contributed by atoms with Gasteiger partial charge in [-0.3, -0.25) is 4.79 Å². The van der Waals surface area contributed by atoms with Crippen molar-refractivity contribution in [2.24, 2.45) is 0 Å². The van der Waals surface area contributed by atoms with E-state index in [4.69, 9.17) is 18.9 Å². The quantitative estimate of drug-likeness (QED) is 0.803. The summed E-state index contributed by atoms with van der Waals surface area (Å²) in [6.45, 7) is 2.36. The Morgan fingerprint density at radius 1 is 0.867 bits per heavy atom. The molecule has 0 spiro atoms. The summed E-state index contributed by atoms with van der Waals surface area (Å²) in [5.41, 5.74) is 1.31. The molecule has 30 heavy (non-hydrogen) atoms. The molecule has 2 N–H and O–H groups in total. The number of nitrogens with one attached hydrogen (secondary N) is 2. The van der Waals surface area contributed by atoms with E-state index in [1.807, 2.05) is 6.07 Å². The molecular formula is C21H21N3O6. The van der Waals surface area contributed by atoms with Crippen LogP contribution >= 0.6 is 0 Å². The second-order valence-corrected chi connectivity index (χ2v) is 7.19. The maximum absolute atomic E-state index is 12.5. The minimum Gasteiger partial charge on any atom is -0.486 e. The summed E-state index contributed by atoms with van der Waals surface area (Å²) in [4.78, 5) is 26.6. The molecule has 1 fully saturated rings. The summed E-state index contributed by atoms with van der Waals surface area (Å²) in [5.74, 6) is 2.49. The van der Waals surface area contributed by atoms with E-state index in [0.29, 0.717) is 61.7 Å². The van der Waals surface area contributed by atoms with Gasteiger partial charge in [0.15, 0.2) is 23.0 Å². The molecule has 0 saturated carbocycles. The van der Waals surface area contributed by atoms with Gasteiger partial charge in [0.1, 0.15) is 26.4 Å². The first-order valence-electron chi connectivity index (χ1n) is 9.83. The average molecular weight is 411 g/mol. The van der Waals surface area contributed by atoms with Crippen molar-refractivity contribution in [3.05, 3.63) is 36.4 Å². The monoisotopic (exact) mass is 411 g/mol. The van der Waals surface area contributed by atoms with Gasteiger partial charge in [-0.15, -0.1) is 0 Å². The number of hydrogen-bond acceptors (Lipinski definition) is 6. The van der Waals surface area contributed by atoms with Crippen molar-refractivity contribution in [3.63, 3.8) is 0 Å². The van der Waals surface area contributed by atoms with Gasteiger partial charge >= 0.3 is 6.03 Å². The highest BCUT2D eigenvalue weighted by Crippen LogP contribution is 2.35. The van der Waals surface area contributed by atoms with Crippen LogP contribution in [0.4, 0.5) is 16.2 Å². The van der Waals surface area contributed by atoms with Gasteiger partial charge in [0.2, 0.25) is 5.91 Å². The maximum atomic E-state index is 12.5. The molecule has 0 aromatic heterocycles. The lowest BCUT2D eigenvalue weighted by Gasteiger charge is -2.22. The molecule has 9 heteroatoms. The van der Waals surface area contributed by atoms with Gasteiger partial charge < -0.3 is 34.5 Å². The van der Waals surface area contributed by atoms with E-state index in [2.05, 4.69) is 10.6 Å². The molecule has 0 bridgehead atoms. The molecule has 3 aliphatic rings. The highest BCUT2D eigenvalue weighted by molar-refractivity contribution is 5.98. The molecule has 3 amide bonds. The first-order chi connectivity index (χ1) is 14.7. The van der Waals surface area contributed by atoms with E-state index in [9.17, 15) is 9.59 Å². The van der Waals surface area contributed by atoms with Gasteiger partial charge in [0.05, 0.1) is 6.04 Å². The Morgan fingerprint density at radius 3 is 2.23 bits per heavy atom. The average Bonchev–Trinajstić information content (AvgIpc) is 3.13. The third kappa shape index (κ3) is 3.66. The van der Waals surface area contributed by atoms with Crippen molar-refractivity contribution < 1.29 is 28.5 Å². The van der Waals surface area contributed by atoms with Crippen LogP contribution in [0.2, 0.25) is 0 Å². The van der Waals surface area contributed by atoms with Crippen molar-refractivity contribution in [2.75, 3.05) is 43.2 Å². The van der Waals surface area contributed by atoms with Crippen LogP contribution in [0.15, 0.2) is 36.4 Å². The lowest BCUT2D eigenvalue weighted by Crippen LogP contribution is -2.39. The number of anilines is 2. The fraction of sp³-hybridized carbons (Fsp3) is 0.333. The minimum atomic E-state index is -0.381. The molecule has 1 atom stereocenters. The van der Waals surface area contributed by atoms with Crippen LogP contribution in [0.5, 0.6) is 23.0 Å². The molecule has 0 aliphatic carbocycles. The molecule has 2 aromatic carbocycles. The highest BCUT2D eigenvalue weighted by atomic mass is 16.6. The third-order valence-electron chi connectivity index (χ3n) is 5.10. The molecule has 3 aliphatic heterocycles. The lowest BCUT2D eigenvalue weighted by molar-refractivity contribution is -0.117. The SMILES string of the molecule is O=C(Nc1ccc2c(c1)OCCO2)N[C@@H]1CC(=O)N(c2ccc3c(c2)OCCO3)C1. The van der Waals surface area contributed by atoms with Crippen LogP contribution in [0.25, 0.3) is 0 Å². The number of carbonyl (C=O) groups excluding carboxylic acids is 2. The fourth-order valence-corrected chi connectivity index (χ4v) is 3.73. The molecular weight excluding hydrogens is 390 g/mol. The number of amides is 3. The summed E-state index contributed by atoms with van der Waals surface area (Å²) in [6.07, 6.45) is 0.225. The van der Waals surface area contributed by atoms with Gasteiger partial charge in [-0.25, -0.2) is 4.79 Å². The lowest BCUT2D eigenvalue weighted by atomic mass is 10.2. The number of urea groups is 1. The normalized spacial score (nSPS) is 19.4. The van der Waals surface area contributed by atoms with Gasteiger partial charge in [0, 0.05) is 36.5 Å². The van der Waals surface area contributed by atoms with Crippen molar-refractivity contribution >= 4 is 23.3 Å².